The van der Waals surface area contributed by atoms with Gasteiger partial charge in [-0.15, -0.1) is 0 Å². The molecule has 3 amide bonds. The number of nitriles is 1. The fraction of sp³-hybridized carbons (Fsp3) is 0.474. The number of allylic oxidation sites excluding steroid dienone is 1. The Morgan fingerprint density at radius 1 is 0.578 bits per heavy atom. The predicted octanol–water partition coefficient (Wildman–Crippen LogP) is 8.90. The Balaban J connectivity index is 0.000000406. The van der Waals surface area contributed by atoms with Crippen molar-refractivity contribution >= 4 is 29.1 Å². The van der Waals surface area contributed by atoms with E-state index in [9.17, 15) is 14.4 Å². The van der Waals surface area contributed by atoms with Crippen molar-refractivity contribution in [1.82, 2.24) is 0 Å². The van der Waals surface area contributed by atoms with Crippen LogP contribution < -0.4 is 16.4 Å². The molecule has 7 heteroatoms. The third kappa shape index (κ3) is 11.0. The molecule has 244 valence electrons. The van der Waals surface area contributed by atoms with Gasteiger partial charge in [0.05, 0.1) is 6.07 Å². The molecule has 0 bridgehead atoms. The number of primary amides is 1. The summed E-state index contributed by atoms with van der Waals surface area (Å²) in [6, 6.07) is 10.3. The number of hydrogen-bond donors (Lipinski definition) is 3. The Bertz CT molecular complexity index is 1470. The zero-order valence-corrected chi connectivity index (χ0v) is 29.2. The highest BCUT2D eigenvalue weighted by Crippen LogP contribution is 2.28. The average molecular weight is 615 g/mol. The Kier molecular flexibility index (Phi) is 16.6. The van der Waals surface area contributed by atoms with E-state index < -0.39 is 5.91 Å². The Morgan fingerprint density at radius 2 is 0.933 bits per heavy atom. The SMILES string of the molecule is CC.CC.Cc1cc(C)c(NC(=O)C2=C(C#N)CCCC2)cc1C.Cc1cc(C)c(NC(=O)C2=C(C(N)=O)CCCC2)cc1C. The standard InChI is InChI=1S/C17H22N2O2.C17H20N2O.2C2H6/c1-10-8-12(3)15(9-11(10)2)19-17(21)14-7-5-4-6-13(14)16(18)20;1-11-8-13(3)16(9-12(11)2)19-17(20)15-7-5-4-6-14(15)10-18;2*1-2/h8-9H,4-7H2,1-3H3,(H2,18,20)(H,19,21);8-9H,4-7H2,1-3H3,(H,19,20);2*1-2H3. The van der Waals surface area contributed by atoms with Gasteiger partial charge >= 0.3 is 0 Å². The highest BCUT2D eigenvalue weighted by atomic mass is 16.2. The van der Waals surface area contributed by atoms with E-state index in [1.807, 2.05) is 74.4 Å². The lowest BCUT2D eigenvalue weighted by atomic mass is 9.90. The highest BCUT2D eigenvalue weighted by molar-refractivity contribution is 6.10. The van der Waals surface area contributed by atoms with Crippen molar-refractivity contribution in [3.8, 4) is 6.07 Å². The molecule has 2 aromatic rings. The maximum atomic E-state index is 12.5. The number of amides is 3. The summed E-state index contributed by atoms with van der Waals surface area (Å²) in [6.07, 6.45) is 6.48. The molecule has 0 unspecified atom stereocenters. The Labute approximate surface area is 271 Å². The number of hydrogen-bond acceptors (Lipinski definition) is 4. The minimum absolute atomic E-state index is 0.118. The Morgan fingerprint density at radius 3 is 1.36 bits per heavy atom. The van der Waals surface area contributed by atoms with Crippen LogP contribution in [0.3, 0.4) is 0 Å². The van der Waals surface area contributed by atoms with Crippen LogP contribution in [0.4, 0.5) is 11.4 Å². The van der Waals surface area contributed by atoms with Gasteiger partial charge in [-0.25, -0.2) is 0 Å². The van der Waals surface area contributed by atoms with Gasteiger partial charge in [-0.05, 0) is 138 Å². The molecule has 0 heterocycles. The van der Waals surface area contributed by atoms with Gasteiger partial charge in [-0.2, -0.15) is 5.26 Å². The summed E-state index contributed by atoms with van der Waals surface area (Å²) < 4.78 is 0. The quantitative estimate of drug-likeness (QED) is 0.311. The van der Waals surface area contributed by atoms with Crippen molar-refractivity contribution in [2.45, 2.75) is 121 Å². The molecular formula is C38H54N4O3. The number of aryl methyl sites for hydroxylation is 6. The summed E-state index contributed by atoms with van der Waals surface area (Å²) in [6.45, 7) is 20.1. The third-order valence-electron chi connectivity index (χ3n) is 8.09. The van der Waals surface area contributed by atoms with Crippen molar-refractivity contribution in [2.24, 2.45) is 5.73 Å². The molecule has 4 N–H and O–H groups in total. The van der Waals surface area contributed by atoms with Crippen LogP contribution in [0.25, 0.3) is 0 Å². The van der Waals surface area contributed by atoms with Gasteiger partial charge in [0, 0.05) is 33.7 Å². The number of nitrogens with zero attached hydrogens (tertiary/aromatic N) is 1. The van der Waals surface area contributed by atoms with Gasteiger partial charge in [0.1, 0.15) is 0 Å². The number of carbonyl (C=O) groups excluding carboxylic acids is 3. The molecule has 0 spiro atoms. The maximum absolute atomic E-state index is 12.5. The fourth-order valence-electron chi connectivity index (χ4n) is 5.29. The molecule has 7 nitrogen and oxygen atoms in total. The van der Waals surface area contributed by atoms with Crippen molar-refractivity contribution < 1.29 is 14.4 Å². The molecule has 2 aromatic carbocycles. The molecule has 0 saturated carbocycles. The number of nitrogens with two attached hydrogens (primary N) is 1. The molecule has 0 aromatic heterocycles. The smallest absolute Gasteiger partial charge is 0.252 e. The van der Waals surface area contributed by atoms with Crippen LogP contribution in [0, 0.1) is 52.9 Å². The van der Waals surface area contributed by atoms with Gasteiger partial charge in [-0.3, -0.25) is 14.4 Å². The van der Waals surface area contributed by atoms with E-state index in [1.54, 1.807) is 0 Å². The second-order valence-electron chi connectivity index (χ2n) is 11.2. The van der Waals surface area contributed by atoms with Gasteiger partial charge < -0.3 is 16.4 Å². The minimum atomic E-state index is -0.475. The van der Waals surface area contributed by atoms with Crippen molar-refractivity contribution in [3.63, 3.8) is 0 Å². The second kappa shape index (κ2) is 19.3. The summed E-state index contributed by atoms with van der Waals surface area (Å²) in [5, 5.41) is 15.0. The summed E-state index contributed by atoms with van der Waals surface area (Å²) in [4.78, 5) is 36.3. The van der Waals surface area contributed by atoms with Crippen LogP contribution in [0.1, 0.15) is 112 Å². The van der Waals surface area contributed by atoms with Crippen LogP contribution in [-0.4, -0.2) is 17.7 Å². The van der Waals surface area contributed by atoms with E-state index in [2.05, 4.69) is 35.8 Å². The second-order valence-corrected chi connectivity index (χ2v) is 11.2. The molecule has 0 aliphatic heterocycles. The molecule has 0 saturated heterocycles. The lowest BCUT2D eigenvalue weighted by molar-refractivity contribution is -0.116. The van der Waals surface area contributed by atoms with Crippen molar-refractivity contribution in [2.75, 3.05) is 10.6 Å². The van der Waals surface area contributed by atoms with Crippen molar-refractivity contribution in [1.29, 1.82) is 5.26 Å². The molecule has 0 radical (unpaired) electrons. The van der Waals surface area contributed by atoms with E-state index in [0.717, 1.165) is 65.7 Å². The number of benzene rings is 2. The van der Waals surface area contributed by atoms with Crippen LogP contribution in [0.15, 0.2) is 46.6 Å². The summed E-state index contributed by atoms with van der Waals surface area (Å²) in [7, 11) is 0. The lowest BCUT2D eigenvalue weighted by Crippen LogP contribution is -2.25. The van der Waals surface area contributed by atoms with Crippen LogP contribution in [0.2, 0.25) is 0 Å². The molecule has 0 atom stereocenters. The predicted molar refractivity (Wildman–Crippen MR) is 187 cm³/mol. The largest absolute Gasteiger partial charge is 0.366 e. The normalized spacial score (nSPS) is 13.9. The first-order valence-electron chi connectivity index (χ1n) is 16.3. The minimum Gasteiger partial charge on any atom is -0.366 e. The van der Waals surface area contributed by atoms with Crippen LogP contribution in [-0.2, 0) is 14.4 Å². The van der Waals surface area contributed by atoms with E-state index in [1.165, 1.54) is 11.1 Å². The first-order chi connectivity index (χ1) is 21.4. The molecule has 2 aliphatic carbocycles. The van der Waals surface area contributed by atoms with Crippen LogP contribution >= 0.6 is 0 Å². The summed E-state index contributed by atoms with van der Waals surface area (Å²) in [5.74, 6) is -0.792. The van der Waals surface area contributed by atoms with E-state index in [0.29, 0.717) is 41.6 Å². The highest BCUT2D eigenvalue weighted by Gasteiger charge is 2.23. The zero-order chi connectivity index (χ0) is 34.3. The molecule has 4 rings (SSSR count). The van der Waals surface area contributed by atoms with Crippen molar-refractivity contribution in [3.05, 3.63) is 79.9 Å². The van der Waals surface area contributed by atoms with E-state index in [-0.39, 0.29) is 11.8 Å². The third-order valence-corrected chi connectivity index (χ3v) is 8.09. The molecule has 45 heavy (non-hydrogen) atoms. The monoisotopic (exact) mass is 614 g/mol. The number of carbonyl (C=O) groups is 3. The van der Waals surface area contributed by atoms with E-state index >= 15 is 0 Å². The number of rotatable bonds is 5. The molecule has 2 aliphatic rings. The zero-order valence-electron chi connectivity index (χ0n) is 29.2. The molecule has 0 fully saturated rings. The summed E-state index contributed by atoms with van der Waals surface area (Å²) in [5.41, 5.74) is 16.1. The fourth-order valence-corrected chi connectivity index (χ4v) is 5.29. The lowest BCUT2D eigenvalue weighted by Gasteiger charge is -2.19. The average Bonchev–Trinajstić information content (AvgIpc) is 3.04. The van der Waals surface area contributed by atoms with Gasteiger partial charge in [0.2, 0.25) is 5.91 Å². The van der Waals surface area contributed by atoms with Gasteiger partial charge in [0.15, 0.2) is 0 Å². The first-order valence-corrected chi connectivity index (χ1v) is 16.3. The van der Waals surface area contributed by atoms with E-state index in [4.69, 9.17) is 11.0 Å². The Hall–Kier alpha value is -4.18. The number of nitrogens with one attached hydrogen (secondary N) is 2. The van der Waals surface area contributed by atoms with Gasteiger partial charge in [0.25, 0.3) is 11.8 Å². The topological polar surface area (TPSA) is 125 Å². The molecular weight excluding hydrogens is 560 g/mol. The first kappa shape index (κ1) is 38.8. The van der Waals surface area contributed by atoms with Gasteiger partial charge in [-0.1, -0.05) is 39.8 Å². The maximum Gasteiger partial charge on any atom is 0.252 e. The summed E-state index contributed by atoms with van der Waals surface area (Å²) >= 11 is 0. The number of anilines is 2. The van der Waals surface area contributed by atoms with Crippen LogP contribution in [0.5, 0.6) is 0 Å².